The molecule has 36 heavy (non-hydrogen) atoms. The molecule has 4 rings (SSSR count). The number of fused-ring (bicyclic) bond motifs is 1. The van der Waals surface area contributed by atoms with Crippen LogP contribution in [0.25, 0.3) is 5.65 Å². The third-order valence-electron chi connectivity index (χ3n) is 5.64. The number of aromatic nitrogens is 3. The van der Waals surface area contributed by atoms with E-state index in [4.69, 9.17) is 4.74 Å². The van der Waals surface area contributed by atoms with Gasteiger partial charge in [-0.25, -0.2) is 14.3 Å². The van der Waals surface area contributed by atoms with Gasteiger partial charge in [-0.05, 0) is 37.8 Å². The number of carbonyl (C=O) groups excluding carboxylic acids is 3. The minimum Gasteiger partial charge on any atom is -0.462 e. The molecule has 1 aliphatic rings. The molecule has 0 unspecified atom stereocenters. The molecule has 2 amide bonds. The van der Waals surface area contributed by atoms with Crippen molar-refractivity contribution in [1.82, 2.24) is 19.5 Å². The second-order valence-corrected chi connectivity index (χ2v) is 9.70. The molecule has 1 saturated carbocycles. The van der Waals surface area contributed by atoms with Crippen molar-refractivity contribution in [3.8, 4) is 0 Å². The zero-order valence-corrected chi connectivity index (χ0v) is 20.8. The van der Waals surface area contributed by atoms with Gasteiger partial charge < -0.3 is 15.0 Å². The summed E-state index contributed by atoms with van der Waals surface area (Å²) < 4.78 is 46.9. The number of nitrogens with zero attached hydrogens (tertiary/aromatic N) is 4. The summed E-state index contributed by atoms with van der Waals surface area (Å²) in [6.45, 7) is 3.53. The van der Waals surface area contributed by atoms with Crippen LogP contribution in [-0.2, 0) is 10.9 Å². The van der Waals surface area contributed by atoms with Crippen LogP contribution in [0.2, 0.25) is 0 Å². The Balaban J connectivity index is 1.76. The molecule has 9 nitrogen and oxygen atoms in total. The Hall–Kier alpha value is -3.48. The van der Waals surface area contributed by atoms with Crippen molar-refractivity contribution in [2.45, 2.75) is 45.2 Å². The first-order valence-corrected chi connectivity index (χ1v) is 12.0. The lowest BCUT2D eigenvalue weighted by molar-refractivity contribution is -0.142. The molecule has 0 radical (unpaired) electrons. The average Bonchev–Trinajstić information content (AvgIpc) is 3.49. The first-order valence-electron chi connectivity index (χ1n) is 11.2. The van der Waals surface area contributed by atoms with E-state index in [1.807, 2.05) is 6.92 Å². The minimum absolute atomic E-state index is 0.0195. The van der Waals surface area contributed by atoms with Crippen molar-refractivity contribution in [3.63, 3.8) is 0 Å². The zero-order chi connectivity index (χ0) is 26.4. The number of anilines is 1. The molecular formula is C23H24F3N5O4S. The number of alkyl halides is 3. The Kier molecular flexibility index (Phi) is 6.78. The molecule has 0 aromatic carbocycles. The lowest BCUT2D eigenvalue weighted by Crippen LogP contribution is -2.21. The molecule has 3 heterocycles. The molecule has 3 aromatic rings. The molecule has 13 heteroatoms. The molecule has 0 aliphatic heterocycles. The van der Waals surface area contributed by atoms with Gasteiger partial charge in [0, 0.05) is 25.7 Å². The highest BCUT2D eigenvalue weighted by molar-refractivity contribution is 7.18. The van der Waals surface area contributed by atoms with Crippen LogP contribution in [0.1, 0.15) is 79.4 Å². The van der Waals surface area contributed by atoms with Crippen LogP contribution in [0.5, 0.6) is 0 Å². The second kappa shape index (κ2) is 9.52. The van der Waals surface area contributed by atoms with Gasteiger partial charge in [0.05, 0.1) is 23.2 Å². The number of rotatable bonds is 7. The van der Waals surface area contributed by atoms with Gasteiger partial charge in [-0.2, -0.15) is 18.3 Å². The Morgan fingerprint density at radius 2 is 1.97 bits per heavy atom. The van der Waals surface area contributed by atoms with E-state index in [9.17, 15) is 27.6 Å². The fraction of sp³-hybridized carbons (Fsp3) is 0.435. The molecule has 1 fully saturated rings. The fourth-order valence-electron chi connectivity index (χ4n) is 3.62. The molecule has 0 spiro atoms. The zero-order valence-electron chi connectivity index (χ0n) is 20.0. The number of esters is 1. The maximum atomic E-state index is 13.7. The van der Waals surface area contributed by atoms with Crippen molar-refractivity contribution in [2.24, 2.45) is 0 Å². The van der Waals surface area contributed by atoms with Crippen LogP contribution >= 0.6 is 11.3 Å². The SMILES string of the molecule is CCCOC(=O)c1c(NC(=O)c2cnn3c(C(F)(F)F)cc(C4CC4)nc23)sc(C(=O)N(C)C)c1C. The molecule has 0 saturated heterocycles. The number of thiophene rings is 1. The summed E-state index contributed by atoms with van der Waals surface area (Å²) in [6.07, 6.45) is -1.69. The molecule has 192 valence electrons. The highest BCUT2D eigenvalue weighted by Gasteiger charge is 2.38. The molecule has 0 atom stereocenters. The van der Waals surface area contributed by atoms with E-state index >= 15 is 0 Å². The van der Waals surface area contributed by atoms with E-state index in [2.05, 4.69) is 15.4 Å². The van der Waals surface area contributed by atoms with Crippen molar-refractivity contribution in [1.29, 1.82) is 0 Å². The highest BCUT2D eigenvalue weighted by Crippen LogP contribution is 2.41. The molecule has 1 aliphatic carbocycles. The number of nitrogens with one attached hydrogen (secondary N) is 1. The van der Waals surface area contributed by atoms with E-state index < -0.39 is 23.7 Å². The van der Waals surface area contributed by atoms with Crippen molar-refractivity contribution in [3.05, 3.63) is 45.2 Å². The molecule has 1 N–H and O–H groups in total. The highest BCUT2D eigenvalue weighted by atomic mass is 32.1. The first-order chi connectivity index (χ1) is 16.9. The Bertz CT molecular complexity index is 1360. The summed E-state index contributed by atoms with van der Waals surface area (Å²) in [5, 5.41) is 6.39. The Morgan fingerprint density at radius 1 is 1.28 bits per heavy atom. The van der Waals surface area contributed by atoms with E-state index in [1.165, 1.54) is 4.90 Å². The third-order valence-corrected chi connectivity index (χ3v) is 6.83. The lowest BCUT2D eigenvalue weighted by atomic mass is 10.1. The number of hydrogen-bond donors (Lipinski definition) is 1. The van der Waals surface area contributed by atoms with Crippen LogP contribution in [0, 0.1) is 6.92 Å². The van der Waals surface area contributed by atoms with Crippen molar-refractivity contribution < 1.29 is 32.3 Å². The summed E-state index contributed by atoms with van der Waals surface area (Å²) in [7, 11) is 3.10. The van der Waals surface area contributed by atoms with Gasteiger partial charge in [-0.1, -0.05) is 6.92 Å². The monoisotopic (exact) mass is 523 g/mol. The topological polar surface area (TPSA) is 106 Å². The predicted octanol–water partition coefficient (Wildman–Crippen LogP) is 4.52. The van der Waals surface area contributed by atoms with Crippen molar-refractivity contribution in [2.75, 3.05) is 26.0 Å². The third kappa shape index (κ3) is 4.79. The van der Waals surface area contributed by atoms with Gasteiger partial charge in [0.1, 0.15) is 16.3 Å². The molecule has 3 aromatic heterocycles. The normalized spacial score (nSPS) is 13.6. The number of ether oxygens (including phenoxy) is 1. The molecular weight excluding hydrogens is 499 g/mol. The average molecular weight is 524 g/mol. The quantitative estimate of drug-likeness (QED) is 0.457. The number of amides is 2. The van der Waals surface area contributed by atoms with Crippen LogP contribution < -0.4 is 5.32 Å². The largest absolute Gasteiger partial charge is 0.462 e. The van der Waals surface area contributed by atoms with Crippen LogP contribution in [0.3, 0.4) is 0 Å². The summed E-state index contributed by atoms with van der Waals surface area (Å²) in [5.41, 5.74) is -0.851. The number of hydrogen-bond acceptors (Lipinski definition) is 7. The first kappa shape index (κ1) is 25.6. The van der Waals surface area contributed by atoms with Crippen LogP contribution in [0.15, 0.2) is 12.3 Å². The van der Waals surface area contributed by atoms with Crippen molar-refractivity contribution >= 4 is 39.8 Å². The maximum Gasteiger partial charge on any atom is 0.433 e. The maximum absolute atomic E-state index is 13.7. The summed E-state index contributed by atoms with van der Waals surface area (Å²) >= 11 is 0.889. The van der Waals surface area contributed by atoms with Gasteiger partial charge >= 0.3 is 12.1 Å². The number of halogens is 3. The minimum atomic E-state index is -4.70. The van der Waals surface area contributed by atoms with E-state index in [0.29, 0.717) is 16.5 Å². The summed E-state index contributed by atoms with van der Waals surface area (Å²) in [5.74, 6) is -1.99. The van der Waals surface area contributed by atoms with E-state index in [0.717, 1.165) is 36.4 Å². The van der Waals surface area contributed by atoms with Gasteiger partial charge in [0.15, 0.2) is 5.65 Å². The molecule has 0 bridgehead atoms. The Morgan fingerprint density at radius 3 is 2.56 bits per heavy atom. The van der Waals surface area contributed by atoms with E-state index in [-0.39, 0.29) is 50.8 Å². The second-order valence-electron chi connectivity index (χ2n) is 8.68. The predicted molar refractivity (Wildman–Crippen MR) is 126 cm³/mol. The van der Waals surface area contributed by atoms with E-state index in [1.54, 1.807) is 21.0 Å². The van der Waals surface area contributed by atoms with Crippen LogP contribution in [0.4, 0.5) is 18.2 Å². The fourth-order valence-corrected chi connectivity index (χ4v) is 4.84. The Labute approximate surface area is 208 Å². The lowest BCUT2D eigenvalue weighted by Gasteiger charge is -2.11. The smallest absolute Gasteiger partial charge is 0.433 e. The standard InChI is InChI=1S/C23H24F3N5O4S/c1-5-8-35-22(34)16-11(2)17(21(33)30(3)4)36-20(16)29-19(32)13-10-27-31-15(23(24,25)26)9-14(12-6-7-12)28-18(13)31/h9-10,12H,5-8H2,1-4H3,(H,29,32). The van der Waals surface area contributed by atoms with Gasteiger partial charge in [0.2, 0.25) is 0 Å². The summed E-state index contributed by atoms with van der Waals surface area (Å²) in [6, 6.07) is 0.961. The summed E-state index contributed by atoms with van der Waals surface area (Å²) in [4.78, 5) is 44.5. The number of carbonyl (C=O) groups is 3. The van der Waals surface area contributed by atoms with Gasteiger partial charge in [-0.15, -0.1) is 11.3 Å². The van der Waals surface area contributed by atoms with Gasteiger partial charge in [0.25, 0.3) is 11.8 Å². The van der Waals surface area contributed by atoms with Crippen LogP contribution in [-0.4, -0.2) is 58.0 Å². The van der Waals surface area contributed by atoms with Gasteiger partial charge in [-0.3, -0.25) is 9.59 Å².